The van der Waals surface area contributed by atoms with E-state index in [0.717, 1.165) is 42.8 Å². The average molecular weight is 433 g/mol. The predicted octanol–water partition coefficient (Wildman–Crippen LogP) is 6.19. The summed E-state index contributed by atoms with van der Waals surface area (Å²) < 4.78 is 5.64. The van der Waals surface area contributed by atoms with Crippen molar-refractivity contribution in [1.29, 1.82) is 0 Å². The molecular formula is C26H25ClN2O2. The zero-order chi connectivity index (χ0) is 21.5. The molecule has 1 aromatic heterocycles. The van der Waals surface area contributed by atoms with E-state index < -0.39 is 0 Å². The molecule has 0 spiro atoms. The number of fused-ring (bicyclic) bond motifs is 5. The number of nitrogens with zero attached hydrogens (tertiary/aromatic N) is 2. The van der Waals surface area contributed by atoms with Gasteiger partial charge in [0.15, 0.2) is 11.5 Å². The molecule has 1 aliphatic rings. The average Bonchev–Trinajstić information content (AvgIpc) is 2.80. The summed E-state index contributed by atoms with van der Waals surface area (Å²) in [6, 6.07) is 16.4. The Morgan fingerprint density at radius 2 is 1.94 bits per heavy atom. The second kappa shape index (κ2) is 8.03. The van der Waals surface area contributed by atoms with Gasteiger partial charge in [0.2, 0.25) is 0 Å². The highest BCUT2D eigenvalue weighted by molar-refractivity contribution is 6.32. The summed E-state index contributed by atoms with van der Waals surface area (Å²) in [6.07, 6.45) is 0.979. The smallest absolute Gasteiger partial charge is 0.176 e. The third-order valence-electron chi connectivity index (χ3n) is 6.20. The number of aromatic hydroxyl groups is 1. The van der Waals surface area contributed by atoms with Crippen molar-refractivity contribution < 1.29 is 9.84 Å². The van der Waals surface area contributed by atoms with Crippen molar-refractivity contribution in [3.8, 4) is 22.8 Å². The molecular weight excluding hydrogens is 408 g/mol. The van der Waals surface area contributed by atoms with Crippen LogP contribution in [0.5, 0.6) is 11.5 Å². The molecule has 0 saturated heterocycles. The molecule has 2 heterocycles. The fourth-order valence-electron chi connectivity index (χ4n) is 4.66. The molecule has 5 heteroatoms. The SMILES string of the molecule is CCOc1cc(-c2nc3ccc4ccccc4c3c3c2CN(CC)CC3)cc(Cl)c1O. The second-order valence-corrected chi connectivity index (χ2v) is 8.36. The van der Waals surface area contributed by atoms with E-state index in [0.29, 0.717) is 12.4 Å². The van der Waals surface area contributed by atoms with Crippen molar-refractivity contribution in [3.63, 3.8) is 0 Å². The lowest BCUT2D eigenvalue weighted by molar-refractivity contribution is 0.269. The van der Waals surface area contributed by atoms with Crippen LogP contribution in [0.1, 0.15) is 25.0 Å². The van der Waals surface area contributed by atoms with Crippen molar-refractivity contribution in [2.75, 3.05) is 19.7 Å². The topological polar surface area (TPSA) is 45.6 Å². The highest BCUT2D eigenvalue weighted by Crippen LogP contribution is 2.42. The standard InChI is InChI=1S/C26H25ClN2O2/c1-3-29-12-11-19-20(15-29)25(17-13-21(27)26(30)23(14-17)31-4-2)28-22-10-9-16-7-5-6-8-18(16)24(19)22/h5-10,13-14,30H,3-4,11-12,15H2,1-2H3. The second-order valence-electron chi connectivity index (χ2n) is 7.95. The van der Waals surface area contributed by atoms with Crippen LogP contribution >= 0.6 is 11.6 Å². The predicted molar refractivity (Wildman–Crippen MR) is 127 cm³/mol. The summed E-state index contributed by atoms with van der Waals surface area (Å²) in [5.41, 5.74) is 5.37. The van der Waals surface area contributed by atoms with Crippen LogP contribution in [-0.4, -0.2) is 34.7 Å². The number of phenols is 1. The number of ether oxygens (including phenoxy) is 1. The van der Waals surface area contributed by atoms with Crippen molar-refractivity contribution in [1.82, 2.24) is 9.88 Å². The minimum absolute atomic E-state index is 0.0249. The van der Waals surface area contributed by atoms with E-state index in [2.05, 4.69) is 48.2 Å². The van der Waals surface area contributed by atoms with Gasteiger partial charge in [-0.1, -0.05) is 48.9 Å². The molecule has 0 fully saturated rings. The molecule has 0 amide bonds. The van der Waals surface area contributed by atoms with Crippen LogP contribution in [0.4, 0.5) is 0 Å². The monoisotopic (exact) mass is 432 g/mol. The zero-order valence-corrected chi connectivity index (χ0v) is 18.5. The molecule has 0 atom stereocenters. The van der Waals surface area contributed by atoms with Crippen LogP contribution < -0.4 is 4.74 Å². The van der Waals surface area contributed by atoms with Crippen LogP contribution in [0, 0.1) is 0 Å². The van der Waals surface area contributed by atoms with Crippen molar-refractivity contribution >= 4 is 33.3 Å². The van der Waals surface area contributed by atoms with Crippen LogP contribution in [0.25, 0.3) is 32.9 Å². The molecule has 1 aliphatic heterocycles. The molecule has 0 saturated carbocycles. The number of rotatable bonds is 4. The number of pyridine rings is 1. The number of likely N-dealkylation sites (N-methyl/N-ethyl adjacent to an activating group) is 1. The molecule has 31 heavy (non-hydrogen) atoms. The van der Waals surface area contributed by atoms with Crippen LogP contribution in [0.15, 0.2) is 48.5 Å². The summed E-state index contributed by atoms with van der Waals surface area (Å²) in [5, 5.41) is 14.3. The van der Waals surface area contributed by atoms with Gasteiger partial charge in [0.05, 0.1) is 22.8 Å². The van der Waals surface area contributed by atoms with Gasteiger partial charge in [-0.25, -0.2) is 4.98 Å². The summed E-state index contributed by atoms with van der Waals surface area (Å²) >= 11 is 6.37. The van der Waals surface area contributed by atoms with Crippen molar-refractivity contribution in [3.05, 3.63) is 64.7 Å². The fraction of sp³-hybridized carbons (Fsp3) is 0.269. The summed E-state index contributed by atoms with van der Waals surface area (Å²) in [7, 11) is 0. The number of hydrogen-bond donors (Lipinski definition) is 1. The quantitative estimate of drug-likeness (QED) is 0.390. The largest absolute Gasteiger partial charge is 0.503 e. The van der Waals surface area contributed by atoms with Crippen LogP contribution in [0.2, 0.25) is 5.02 Å². The van der Waals surface area contributed by atoms with Crippen LogP contribution in [-0.2, 0) is 13.0 Å². The Kier molecular flexibility index (Phi) is 5.20. The number of halogens is 1. The fourth-order valence-corrected chi connectivity index (χ4v) is 4.87. The Morgan fingerprint density at radius 1 is 1.10 bits per heavy atom. The van der Waals surface area contributed by atoms with Gasteiger partial charge in [-0.3, -0.25) is 4.90 Å². The molecule has 0 bridgehead atoms. The van der Waals surface area contributed by atoms with Gasteiger partial charge in [-0.05, 0) is 60.0 Å². The first kappa shape index (κ1) is 20.1. The van der Waals surface area contributed by atoms with E-state index in [-0.39, 0.29) is 10.8 Å². The molecule has 1 N–H and O–H groups in total. The summed E-state index contributed by atoms with van der Waals surface area (Å²) in [4.78, 5) is 7.57. The molecule has 4 aromatic rings. The van der Waals surface area contributed by atoms with Crippen molar-refractivity contribution in [2.24, 2.45) is 0 Å². The Labute approximate surface area is 187 Å². The minimum Gasteiger partial charge on any atom is -0.503 e. The van der Waals surface area contributed by atoms with E-state index in [9.17, 15) is 5.11 Å². The van der Waals surface area contributed by atoms with E-state index in [1.807, 2.05) is 13.0 Å². The maximum atomic E-state index is 10.3. The van der Waals surface area contributed by atoms with Gasteiger partial charge in [-0.15, -0.1) is 0 Å². The Balaban J connectivity index is 1.83. The summed E-state index contributed by atoms with van der Waals surface area (Å²) in [5.74, 6) is 0.366. The molecule has 3 aromatic carbocycles. The number of phenolic OH excluding ortho intramolecular Hbond substituents is 1. The molecule has 0 radical (unpaired) electrons. The number of benzene rings is 3. The molecule has 0 aliphatic carbocycles. The van der Waals surface area contributed by atoms with Gasteiger partial charge in [-0.2, -0.15) is 0 Å². The lowest BCUT2D eigenvalue weighted by atomic mass is 9.89. The highest BCUT2D eigenvalue weighted by Gasteiger charge is 2.24. The first-order valence-corrected chi connectivity index (χ1v) is 11.2. The normalized spacial score (nSPS) is 14.2. The number of hydrogen-bond acceptors (Lipinski definition) is 4. The van der Waals surface area contributed by atoms with Gasteiger partial charge in [0.1, 0.15) is 0 Å². The molecule has 0 unspecified atom stereocenters. The molecule has 158 valence electrons. The number of aromatic nitrogens is 1. The third kappa shape index (κ3) is 3.40. The minimum atomic E-state index is -0.0249. The first-order valence-electron chi connectivity index (χ1n) is 10.8. The molecule has 5 rings (SSSR count). The van der Waals surface area contributed by atoms with Gasteiger partial charge in [0.25, 0.3) is 0 Å². The van der Waals surface area contributed by atoms with E-state index in [1.165, 1.54) is 27.3 Å². The molecule has 4 nitrogen and oxygen atoms in total. The zero-order valence-electron chi connectivity index (χ0n) is 17.8. The summed E-state index contributed by atoms with van der Waals surface area (Å²) in [6.45, 7) is 7.40. The first-order chi connectivity index (χ1) is 15.1. The maximum absolute atomic E-state index is 10.3. The third-order valence-corrected chi connectivity index (χ3v) is 6.49. The van der Waals surface area contributed by atoms with E-state index in [4.69, 9.17) is 21.3 Å². The van der Waals surface area contributed by atoms with Gasteiger partial charge in [0, 0.05) is 24.0 Å². The Morgan fingerprint density at radius 3 is 2.74 bits per heavy atom. The lowest BCUT2D eigenvalue weighted by Gasteiger charge is -2.30. The Bertz CT molecular complexity index is 1300. The Hall–Kier alpha value is -2.82. The van der Waals surface area contributed by atoms with Gasteiger partial charge < -0.3 is 9.84 Å². The van der Waals surface area contributed by atoms with E-state index in [1.54, 1.807) is 6.07 Å². The highest BCUT2D eigenvalue weighted by atomic mass is 35.5. The van der Waals surface area contributed by atoms with Crippen LogP contribution in [0.3, 0.4) is 0 Å². The maximum Gasteiger partial charge on any atom is 0.176 e. The lowest BCUT2D eigenvalue weighted by Crippen LogP contribution is -2.31. The van der Waals surface area contributed by atoms with E-state index >= 15 is 0 Å². The van der Waals surface area contributed by atoms with Gasteiger partial charge >= 0.3 is 0 Å². The van der Waals surface area contributed by atoms with Crippen molar-refractivity contribution in [2.45, 2.75) is 26.8 Å².